The molecule has 0 unspecified atom stereocenters. The van der Waals surface area contributed by atoms with Gasteiger partial charge in [0.05, 0.1) is 39.5 Å². The fourth-order valence-electron chi connectivity index (χ4n) is 14.5. The van der Waals surface area contributed by atoms with Crippen LogP contribution in [0.2, 0.25) is 0 Å². The lowest BCUT2D eigenvalue weighted by atomic mass is 9.33. The Morgan fingerprint density at radius 3 is 1.22 bits per heavy atom. The molecule has 7 nitrogen and oxygen atoms in total. The van der Waals surface area contributed by atoms with Gasteiger partial charge in [-0.1, -0.05) is 242 Å². The van der Waals surface area contributed by atoms with Gasteiger partial charge >= 0.3 is 0 Å². The highest BCUT2D eigenvalue weighted by molar-refractivity contribution is 7.00. The molecule has 5 heterocycles. The molecule has 0 saturated heterocycles. The Morgan fingerprint density at radius 2 is 0.688 bits per heavy atom. The summed E-state index contributed by atoms with van der Waals surface area (Å²) in [5, 5.41) is 2.40. The molecule has 458 valence electrons. The van der Waals surface area contributed by atoms with Crippen LogP contribution in [0.5, 0.6) is 0 Å². The number of anilines is 6. The summed E-state index contributed by atoms with van der Waals surface area (Å²) in [6, 6.07) is 109. The van der Waals surface area contributed by atoms with Crippen molar-refractivity contribution in [3.8, 4) is 84.6 Å². The first-order valence-electron chi connectivity index (χ1n) is 33.2. The summed E-state index contributed by atoms with van der Waals surface area (Å²) in [5.41, 5.74) is 27.6. The van der Waals surface area contributed by atoms with Gasteiger partial charge < -0.3 is 14.4 Å². The fraction of sp³-hybridized carbons (Fsp3) is 0.0909. The number of hydrogen-bond acceptors (Lipinski definition) is 6. The summed E-state index contributed by atoms with van der Waals surface area (Å²) >= 11 is 0. The lowest BCUT2D eigenvalue weighted by Crippen LogP contribution is -2.61. The normalized spacial score (nSPS) is 12.6. The molecule has 8 heteroatoms. The third-order valence-corrected chi connectivity index (χ3v) is 19.3. The van der Waals surface area contributed by atoms with Crippen LogP contribution in [0.3, 0.4) is 0 Å². The first-order chi connectivity index (χ1) is 46.9. The third kappa shape index (κ3) is 10.2. The maximum absolute atomic E-state index is 5.74. The van der Waals surface area contributed by atoms with Gasteiger partial charge in [0.1, 0.15) is 0 Å². The van der Waals surface area contributed by atoms with Crippen LogP contribution in [0.25, 0.3) is 106 Å². The quantitative estimate of drug-likeness (QED) is 0.127. The SMILES string of the molecule is CC(C)(C)c1ccc2c(c1)c1cc(C(C)(C)C)ccc1n2-c1ccc(-c2cc(-c3ccccc3)nc(-c3ccccc3)n2)cc1-c1nc(-c2ccccc2)cc(-c2cccc(-c3ccc(N4c5ccccc5B5c6ccccc6N(c6ccccc6)c6cccc4c65)cc3)c2)n1. The molecule has 0 amide bonds. The Kier molecular flexibility index (Phi) is 14.0. The third-order valence-electron chi connectivity index (χ3n) is 19.3. The first kappa shape index (κ1) is 58.1. The van der Waals surface area contributed by atoms with Gasteiger partial charge in [-0.25, -0.2) is 19.9 Å². The van der Waals surface area contributed by atoms with Crippen LogP contribution in [0, 0.1) is 0 Å². The molecule has 15 aromatic rings. The van der Waals surface area contributed by atoms with Crippen LogP contribution in [0.4, 0.5) is 34.1 Å². The average Bonchev–Trinajstić information content (AvgIpc) is 0.846. The first-order valence-corrected chi connectivity index (χ1v) is 33.2. The summed E-state index contributed by atoms with van der Waals surface area (Å²) < 4.78 is 2.43. The molecule has 0 atom stereocenters. The number of rotatable bonds is 10. The van der Waals surface area contributed by atoms with Gasteiger partial charge in [0.15, 0.2) is 11.6 Å². The van der Waals surface area contributed by atoms with Crippen LogP contribution >= 0.6 is 0 Å². The lowest BCUT2D eigenvalue weighted by Gasteiger charge is -2.44. The predicted molar refractivity (Wildman–Crippen MR) is 401 cm³/mol. The van der Waals surface area contributed by atoms with Crippen LogP contribution in [-0.2, 0) is 10.8 Å². The fourth-order valence-corrected chi connectivity index (χ4v) is 14.5. The van der Waals surface area contributed by atoms with Crippen molar-refractivity contribution in [2.75, 3.05) is 9.80 Å². The highest BCUT2D eigenvalue weighted by Gasteiger charge is 2.43. The largest absolute Gasteiger partial charge is 0.311 e. The van der Waals surface area contributed by atoms with Crippen molar-refractivity contribution in [3.05, 3.63) is 314 Å². The van der Waals surface area contributed by atoms with Crippen molar-refractivity contribution in [2.45, 2.75) is 52.4 Å². The number of hydrogen-bond donors (Lipinski definition) is 0. The topological polar surface area (TPSA) is 63.0 Å². The number of fused-ring (bicyclic) bond motifs is 7. The molecule has 0 spiro atoms. The Balaban J connectivity index is 0.826. The minimum absolute atomic E-state index is 0.0670. The second-order valence-corrected chi connectivity index (χ2v) is 27.4. The lowest BCUT2D eigenvalue weighted by molar-refractivity contribution is 0.590. The van der Waals surface area contributed by atoms with E-state index in [1.165, 1.54) is 61.0 Å². The number of aromatic nitrogens is 5. The molecule has 0 N–H and O–H groups in total. The van der Waals surface area contributed by atoms with E-state index in [0.29, 0.717) is 11.6 Å². The van der Waals surface area contributed by atoms with Crippen molar-refractivity contribution in [1.82, 2.24) is 24.5 Å². The monoisotopic (exact) mass is 1230 g/mol. The smallest absolute Gasteiger partial charge is 0.252 e. The zero-order chi connectivity index (χ0) is 64.8. The summed E-state index contributed by atoms with van der Waals surface area (Å²) in [6.45, 7) is 13.8. The van der Waals surface area contributed by atoms with Crippen molar-refractivity contribution in [1.29, 1.82) is 0 Å². The number of para-hydroxylation sites is 3. The second kappa shape index (κ2) is 23.1. The highest BCUT2D eigenvalue weighted by atomic mass is 15.2. The van der Waals surface area contributed by atoms with E-state index in [2.05, 4.69) is 335 Å². The van der Waals surface area contributed by atoms with E-state index in [1.54, 1.807) is 0 Å². The van der Waals surface area contributed by atoms with Gasteiger partial charge in [-0.3, -0.25) is 0 Å². The molecule has 12 aromatic carbocycles. The summed E-state index contributed by atoms with van der Waals surface area (Å²) in [7, 11) is 0. The van der Waals surface area contributed by atoms with Gasteiger partial charge in [-0.2, -0.15) is 0 Å². The number of nitrogens with zero attached hydrogens (tertiary/aromatic N) is 7. The Bertz CT molecular complexity index is 5370. The maximum atomic E-state index is 5.74. The Morgan fingerprint density at radius 1 is 0.281 bits per heavy atom. The maximum Gasteiger partial charge on any atom is 0.252 e. The summed E-state index contributed by atoms with van der Waals surface area (Å²) in [6.07, 6.45) is 0. The molecule has 0 aliphatic carbocycles. The molecule has 96 heavy (non-hydrogen) atoms. The van der Waals surface area contributed by atoms with Crippen molar-refractivity contribution < 1.29 is 0 Å². The van der Waals surface area contributed by atoms with Crippen molar-refractivity contribution in [3.63, 3.8) is 0 Å². The molecule has 0 fully saturated rings. The van der Waals surface area contributed by atoms with E-state index < -0.39 is 0 Å². The van der Waals surface area contributed by atoms with E-state index in [4.69, 9.17) is 19.9 Å². The Labute approximate surface area is 561 Å². The molecule has 0 bridgehead atoms. The second-order valence-electron chi connectivity index (χ2n) is 27.4. The minimum atomic E-state index is -0.0670. The highest BCUT2D eigenvalue weighted by Crippen LogP contribution is 2.46. The number of benzene rings is 12. The standard InChI is InChI=1S/C88H68BN7/c1-87(2,3)64-44-49-77-68(53-64)69-54-65(88(4,5)6)45-50-78(69)96(77)79-48-43-63(76-55-73(58-25-11-7-12-26-58)90-85(91-76)60-29-15-9-16-30-60)52-70(79)86-92-74(59-27-13-8-14-28-59)56-75(93-86)62-32-23-31-61(51-62)57-41-46-67(47-42-57)95-81-38-22-20-36-72(81)89-71-35-19-21-37-80(71)94(66-33-17-10-18-34-66)82-39-24-40-83(95)84(82)89/h7-56H,1-6H3. The summed E-state index contributed by atoms with van der Waals surface area (Å²) in [5.74, 6) is 1.24. The zero-order valence-electron chi connectivity index (χ0n) is 54.6. The van der Waals surface area contributed by atoms with E-state index in [1.807, 2.05) is 24.3 Å². The van der Waals surface area contributed by atoms with E-state index in [9.17, 15) is 0 Å². The van der Waals surface area contributed by atoms with Gasteiger partial charge in [0, 0.05) is 78.3 Å². The van der Waals surface area contributed by atoms with E-state index >= 15 is 0 Å². The molecule has 2 aliphatic heterocycles. The molecule has 0 saturated carbocycles. The Hall–Kier alpha value is -11.7. The van der Waals surface area contributed by atoms with Gasteiger partial charge in [-0.05, 0) is 153 Å². The minimum Gasteiger partial charge on any atom is -0.311 e. The van der Waals surface area contributed by atoms with Gasteiger partial charge in [0.2, 0.25) is 0 Å². The van der Waals surface area contributed by atoms with Gasteiger partial charge in [0.25, 0.3) is 6.71 Å². The van der Waals surface area contributed by atoms with Gasteiger partial charge in [-0.15, -0.1) is 0 Å². The van der Waals surface area contributed by atoms with Crippen LogP contribution < -0.4 is 26.2 Å². The average molecular weight is 1230 g/mol. The van der Waals surface area contributed by atoms with Crippen LogP contribution in [0.1, 0.15) is 52.7 Å². The molecule has 3 aromatic heterocycles. The molecule has 2 aliphatic rings. The molecule has 17 rings (SSSR count). The summed E-state index contributed by atoms with van der Waals surface area (Å²) in [4.78, 5) is 26.9. The molecular weight excluding hydrogens is 1170 g/mol. The molecular formula is C88H68BN7. The molecule has 0 radical (unpaired) electrons. The van der Waals surface area contributed by atoms with Crippen LogP contribution in [0.15, 0.2) is 303 Å². The van der Waals surface area contributed by atoms with Crippen molar-refractivity contribution in [2.24, 2.45) is 0 Å². The van der Waals surface area contributed by atoms with E-state index in [0.717, 1.165) is 95.4 Å². The zero-order valence-corrected chi connectivity index (χ0v) is 54.6. The van der Waals surface area contributed by atoms with Crippen LogP contribution in [-0.4, -0.2) is 31.2 Å². The predicted octanol–water partition coefficient (Wildman–Crippen LogP) is 20.7. The van der Waals surface area contributed by atoms with E-state index in [-0.39, 0.29) is 17.5 Å². The van der Waals surface area contributed by atoms with Crippen molar-refractivity contribution >= 4 is 79.0 Å².